The van der Waals surface area contributed by atoms with E-state index in [9.17, 15) is 4.79 Å². The van der Waals surface area contributed by atoms with Gasteiger partial charge in [0, 0.05) is 13.3 Å². The van der Waals surface area contributed by atoms with Gasteiger partial charge in [-0.1, -0.05) is 11.6 Å². The predicted octanol–water partition coefficient (Wildman–Crippen LogP) is 1.87. The SMILES string of the molecule is COCC(=O)Nc1cnc2c(Cl)ccnc2c1. The van der Waals surface area contributed by atoms with Crippen LogP contribution in [0.3, 0.4) is 0 Å². The van der Waals surface area contributed by atoms with Crippen LogP contribution in [0.2, 0.25) is 5.02 Å². The van der Waals surface area contributed by atoms with Crippen LogP contribution in [0.4, 0.5) is 5.69 Å². The average molecular weight is 252 g/mol. The van der Waals surface area contributed by atoms with Gasteiger partial charge in [0.2, 0.25) is 5.91 Å². The first kappa shape index (κ1) is 11.8. The van der Waals surface area contributed by atoms with Crippen molar-refractivity contribution in [2.45, 2.75) is 0 Å². The van der Waals surface area contributed by atoms with Crippen LogP contribution in [0.15, 0.2) is 24.5 Å². The smallest absolute Gasteiger partial charge is 0.250 e. The molecular weight excluding hydrogens is 242 g/mol. The summed E-state index contributed by atoms with van der Waals surface area (Å²) in [5.41, 5.74) is 1.81. The van der Waals surface area contributed by atoms with Crippen molar-refractivity contribution in [2.75, 3.05) is 19.0 Å². The summed E-state index contributed by atoms with van der Waals surface area (Å²) in [5, 5.41) is 3.18. The van der Waals surface area contributed by atoms with E-state index in [0.717, 1.165) is 0 Å². The number of halogens is 1. The minimum absolute atomic E-state index is 0.00100. The summed E-state index contributed by atoms with van der Waals surface area (Å²) in [6.45, 7) is 0.00100. The Morgan fingerprint density at radius 2 is 2.35 bits per heavy atom. The third kappa shape index (κ3) is 2.69. The highest BCUT2D eigenvalue weighted by atomic mass is 35.5. The van der Waals surface area contributed by atoms with Gasteiger partial charge in [-0.3, -0.25) is 14.8 Å². The minimum atomic E-state index is -0.240. The molecule has 2 heterocycles. The molecule has 0 bridgehead atoms. The van der Waals surface area contributed by atoms with Crippen molar-refractivity contribution < 1.29 is 9.53 Å². The molecule has 2 aromatic heterocycles. The summed E-state index contributed by atoms with van der Waals surface area (Å²) in [7, 11) is 1.46. The van der Waals surface area contributed by atoms with Crippen molar-refractivity contribution in [3.05, 3.63) is 29.5 Å². The monoisotopic (exact) mass is 251 g/mol. The minimum Gasteiger partial charge on any atom is -0.375 e. The number of carbonyl (C=O) groups is 1. The Balaban J connectivity index is 2.29. The maximum Gasteiger partial charge on any atom is 0.250 e. The van der Waals surface area contributed by atoms with Gasteiger partial charge < -0.3 is 10.1 Å². The Kier molecular flexibility index (Phi) is 3.51. The number of aromatic nitrogens is 2. The number of anilines is 1. The van der Waals surface area contributed by atoms with E-state index in [4.69, 9.17) is 16.3 Å². The molecule has 0 atom stereocenters. The van der Waals surface area contributed by atoms with Gasteiger partial charge in [0.25, 0.3) is 0 Å². The quantitative estimate of drug-likeness (QED) is 0.905. The van der Waals surface area contributed by atoms with Crippen LogP contribution in [0.5, 0.6) is 0 Å². The van der Waals surface area contributed by atoms with E-state index >= 15 is 0 Å². The first-order valence-electron chi connectivity index (χ1n) is 4.90. The number of carbonyl (C=O) groups excluding carboxylic acids is 1. The van der Waals surface area contributed by atoms with Gasteiger partial charge in [0.1, 0.15) is 12.1 Å². The zero-order valence-electron chi connectivity index (χ0n) is 9.11. The van der Waals surface area contributed by atoms with Crippen LogP contribution >= 0.6 is 11.6 Å². The van der Waals surface area contributed by atoms with Gasteiger partial charge in [-0.2, -0.15) is 0 Å². The molecule has 0 aliphatic carbocycles. The van der Waals surface area contributed by atoms with Gasteiger partial charge in [-0.15, -0.1) is 0 Å². The van der Waals surface area contributed by atoms with E-state index in [1.165, 1.54) is 13.3 Å². The molecule has 2 rings (SSSR count). The fourth-order valence-electron chi connectivity index (χ4n) is 1.39. The molecule has 0 aromatic carbocycles. The van der Waals surface area contributed by atoms with Gasteiger partial charge in [0.15, 0.2) is 0 Å². The van der Waals surface area contributed by atoms with Crippen molar-refractivity contribution in [3.8, 4) is 0 Å². The molecule has 0 aliphatic rings. The highest BCUT2D eigenvalue weighted by molar-refractivity contribution is 6.34. The van der Waals surface area contributed by atoms with Crippen LogP contribution < -0.4 is 5.32 Å². The number of rotatable bonds is 3. The van der Waals surface area contributed by atoms with Crippen molar-refractivity contribution in [3.63, 3.8) is 0 Å². The predicted molar refractivity (Wildman–Crippen MR) is 65.1 cm³/mol. The van der Waals surface area contributed by atoms with Crippen molar-refractivity contribution in [1.29, 1.82) is 0 Å². The van der Waals surface area contributed by atoms with Crippen LogP contribution in [0.25, 0.3) is 11.0 Å². The maximum absolute atomic E-state index is 11.3. The lowest BCUT2D eigenvalue weighted by molar-refractivity contribution is -0.119. The fraction of sp³-hybridized carbons (Fsp3) is 0.182. The number of hydrogen-bond donors (Lipinski definition) is 1. The van der Waals surface area contributed by atoms with Gasteiger partial charge in [0.05, 0.1) is 22.4 Å². The van der Waals surface area contributed by atoms with Crippen LogP contribution in [0, 0.1) is 0 Å². The third-order valence-corrected chi connectivity index (χ3v) is 2.39. The van der Waals surface area contributed by atoms with E-state index in [0.29, 0.717) is 21.7 Å². The molecule has 0 radical (unpaired) electrons. The number of amides is 1. The summed E-state index contributed by atoms with van der Waals surface area (Å²) < 4.78 is 4.71. The van der Waals surface area contributed by atoms with Crippen LogP contribution in [-0.4, -0.2) is 29.6 Å². The van der Waals surface area contributed by atoms with Crippen molar-refractivity contribution in [1.82, 2.24) is 9.97 Å². The summed E-state index contributed by atoms with van der Waals surface area (Å²) in [5.74, 6) is -0.240. The Hall–Kier alpha value is -1.72. The number of fused-ring (bicyclic) bond motifs is 1. The molecule has 5 nitrogen and oxygen atoms in total. The summed E-state index contributed by atoms with van der Waals surface area (Å²) in [6.07, 6.45) is 3.12. The highest BCUT2D eigenvalue weighted by Gasteiger charge is 2.05. The van der Waals surface area contributed by atoms with E-state index in [1.807, 2.05) is 0 Å². The van der Waals surface area contributed by atoms with Crippen LogP contribution in [0.1, 0.15) is 0 Å². The van der Waals surface area contributed by atoms with Crippen molar-refractivity contribution >= 4 is 34.2 Å². The van der Waals surface area contributed by atoms with Gasteiger partial charge >= 0.3 is 0 Å². The first-order chi connectivity index (χ1) is 8.20. The molecule has 0 aliphatic heterocycles. The number of methoxy groups -OCH3 is 1. The van der Waals surface area contributed by atoms with Crippen LogP contribution in [-0.2, 0) is 9.53 Å². The molecule has 17 heavy (non-hydrogen) atoms. The Morgan fingerprint density at radius 3 is 3.12 bits per heavy atom. The van der Waals surface area contributed by atoms with E-state index in [2.05, 4.69) is 15.3 Å². The number of nitrogens with zero attached hydrogens (tertiary/aromatic N) is 2. The molecular formula is C11H10ClN3O2. The zero-order chi connectivity index (χ0) is 12.3. The molecule has 88 valence electrons. The third-order valence-electron chi connectivity index (χ3n) is 2.09. The lowest BCUT2D eigenvalue weighted by Crippen LogP contribution is -2.17. The summed E-state index contributed by atoms with van der Waals surface area (Å²) >= 11 is 5.95. The van der Waals surface area contributed by atoms with Gasteiger partial charge in [-0.25, -0.2) is 0 Å². The molecule has 0 saturated carbocycles. The summed E-state index contributed by atoms with van der Waals surface area (Å²) in [6, 6.07) is 3.38. The molecule has 1 N–H and O–H groups in total. The Labute approximate surface area is 103 Å². The highest BCUT2D eigenvalue weighted by Crippen LogP contribution is 2.21. The van der Waals surface area contributed by atoms with Crippen molar-refractivity contribution in [2.24, 2.45) is 0 Å². The lowest BCUT2D eigenvalue weighted by atomic mass is 10.3. The van der Waals surface area contributed by atoms with Gasteiger partial charge in [-0.05, 0) is 12.1 Å². The largest absolute Gasteiger partial charge is 0.375 e. The average Bonchev–Trinajstić information content (AvgIpc) is 2.29. The molecule has 0 fully saturated rings. The summed E-state index contributed by atoms with van der Waals surface area (Å²) in [4.78, 5) is 19.6. The second-order valence-electron chi connectivity index (χ2n) is 3.37. The molecule has 6 heteroatoms. The molecule has 0 saturated heterocycles. The Bertz CT molecular complexity index is 559. The molecule has 0 spiro atoms. The van der Waals surface area contributed by atoms with E-state index < -0.39 is 0 Å². The second-order valence-corrected chi connectivity index (χ2v) is 3.77. The standard InChI is InChI=1S/C11H10ClN3O2/c1-17-6-10(16)15-7-4-9-11(14-5-7)8(12)2-3-13-9/h2-5H,6H2,1H3,(H,15,16). The zero-order valence-corrected chi connectivity index (χ0v) is 9.86. The topological polar surface area (TPSA) is 64.1 Å². The molecule has 1 amide bonds. The number of ether oxygens (including phenoxy) is 1. The maximum atomic E-state index is 11.3. The number of hydrogen-bond acceptors (Lipinski definition) is 4. The molecule has 2 aromatic rings. The second kappa shape index (κ2) is 5.07. The molecule has 0 unspecified atom stereocenters. The first-order valence-corrected chi connectivity index (χ1v) is 5.27. The normalized spacial score (nSPS) is 10.5. The number of pyridine rings is 2. The number of nitrogens with one attached hydrogen (secondary N) is 1. The lowest BCUT2D eigenvalue weighted by Gasteiger charge is -2.05. The van der Waals surface area contributed by atoms with E-state index in [-0.39, 0.29) is 12.5 Å². The van der Waals surface area contributed by atoms with E-state index in [1.54, 1.807) is 18.3 Å². The fourth-order valence-corrected chi connectivity index (χ4v) is 1.60. The Morgan fingerprint density at radius 1 is 1.53 bits per heavy atom.